The van der Waals surface area contributed by atoms with Crippen molar-refractivity contribution in [3.63, 3.8) is 0 Å². The van der Waals surface area contributed by atoms with E-state index >= 15 is 0 Å². The van der Waals surface area contributed by atoms with Gasteiger partial charge in [-0.2, -0.15) is 0 Å². The van der Waals surface area contributed by atoms with Gasteiger partial charge in [-0.25, -0.2) is 13.6 Å². The molecule has 0 radical (unpaired) electrons. The molecule has 1 heterocycles. The Hall–Kier alpha value is -1.66. The molecule has 1 amide bonds. The highest BCUT2D eigenvalue weighted by atomic mass is 32.2. The number of carbonyl (C=O) groups is 1. The normalized spacial score (nSPS) is 15.6. The zero-order chi connectivity index (χ0) is 14.0. The van der Waals surface area contributed by atoms with Crippen LogP contribution in [0.15, 0.2) is 35.2 Å². The molecule has 0 spiro atoms. The molecule has 19 heavy (non-hydrogen) atoms. The van der Waals surface area contributed by atoms with Crippen LogP contribution in [0.2, 0.25) is 0 Å². The lowest BCUT2D eigenvalue weighted by Crippen LogP contribution is -2.33. The highest BCUT2D eigenvalue weighted by Crippen LogP contribution is 2.16. The maximum Gasteiger partial charge on any atom is 0.254 e. The number of sulfonamides is 1. The van der Waals surface area contributed by atoms with Gasteiger partial charge in [-0.15, -0.1) is 0 Å². The van der Waals surface area contributed by atoms with Gasteiger partial charge in [-0.3, -0.25) is 4.79 Å². The Kier molecular flexibility index (Phi) is 3.73. The predicted molar refractivity (Wildman–Crippen MR) is 72.2 cm³/mol. The summed E-state index contributed by atoms with van der Waals surface area (Å²) in [7, 11) is -3.80. The van der Waals surface area contributed by atoms with E-state index in [0.717, 1.165) is 6.42 Å². The lowest BCUT2D eigenvalue weighted by Gasteiger charge is -2.23. The van der Waals surface area contributed by atoms with Crippen LogP contribution in [0.1, 0.15) is 22.3 Å². The predicted octanol–water partition coefficient (Wildman–Crippen LogP) is 1.04. The monoisotopic (exact) mass is 280 g/mol. The third-order valence-corrected chi connectivity index (χ3v) is 3.86. The second-order valence-corrected chi connectivity index (χ2v) is 6.15. The largest absolute Gasteiger partial charge is 0.335 e. The van der Waals surface area contributed by atoms with Crippen LogP contribution in [0.3, 0.4) is 0 Å². The van der Waals surface area contributed by atoms with Crippen molar-refractivity contribution in [2.24, 2.45) is 5.14 Å². The maximum atomic E-state index is 12.3. The van der Waals surface area contributed by atoms with Gasteiger partial charge in [0.2, 0.25) is 10.0 Å². The smallest absolute Gasteiger partial charge is 0.254 e. The topological polar surface area (TPSA) is 80.5 Å². The van der Waals surface area contributed by atoms with Crippen LogP contribution in [0.4, 0.5) is 0 Å². The second kappa shape index (κ2) is 5.14. The Morgan fingerprint density at radius 2 is 2.00 bits per heavy atom. The van der Waals surface area contributed by atoms with Gasteiger partial charge in [0.05, 0.1) is 4.90 Å². The average molecular weight is 280 g/mol. The number of hydrogen-bond donors (Lipinski definition) is 1. The maximum absolute atomic E-state index is 12.3. The lowest BCUT2D eigenvalue weighted by molar-refractivity contribution is 0.0770. The van der Waals surface area contributed by atoms with Crippen molar-refractivity contribution < 1.29 is 13.2 Å². The van der Waals surface area contributed by atoms with E-state index in [-0.39, 0.29) is 10.8 Å². The SMILES string of the molecule is Cc1cc(C(=O)N2CC=CCC2)cc(S(N)(=O)=O)c1. The summed E-state index contributed by atoms with van der Waals surface area (Å²) in [5, 5.41) is 5.11. The summed E-state index contributed by atoms with van der Waals surface area (Å²) in [5.74, 6) is -0.169. The Labute approximate surface area is 112 Å². The Bertz CT molecular complexity index is 635. The standard InChI is InChI=1S/C13H16N2O3S/c1-10-7-11(9-12(8-10)19(14,17)18)13(16)15-5-3-2-4-6-15/h2-3,7-9H,4-6H2,1H3,(H2,14,17,18). The molecule has 1 aromatic rings. The van der Waals surface area contributed by atoms with Gasteiger partial charge in [0.1, 0.15) is 0 Å². The summed E-state index contributed by atoms with van der Waals surface area (Å²) in [5.41, 5.74) is 1.06. The summed E-state index contributed by atoms with van der Waals surface area (Å²) >= 11 is 0. The van der Waals surface area contributed by atoms with Crippen molar-refractivity contribution in [2.75, 3.05) is 13.1 Å². The minimum atomic E-state index is -3.80. The molecule has 102 valence electrons. The first-order valence-corrected chi connectivity index (χ1v) is 7.51. The van der Waals surface area contributed by atoms with Crippen LogP contribution in [0.25, 0.3) is 0 Å². The van der Waals surface area contributed by atoms with Gasteiger partial charge in [-0.1, -0.05) is 12.2 Å². The minimum absolute atomic E-state index is 0.0246. The fraction of sp³-hybridized carbons (Fsp3) is 0.308. The molecule has 2 rings (SSSR count). The van der Waals surface area contributed by atoms with E-state index in [1.54, 1.807) is 17.9 Å². The zero-order valence-corrected chi connectivity index (χ0v) is 11.5. The number of carbonyl (C=O) groups excluding carboxylic acids is 1. The molecule has 1 aliphatic rings. The fourth-order valence-electron chi connectivity index (χ4n) is 2.04. The Balaban J connectivity index is 2.37. The molecule has 1 aliphatic heterocycles. The van der Waals surface area contributed by atoms with Gasteiger partial charge in [0, 0.05) is 18.7 Å². The number of benzene rings is 1. The molecule has 0 saturated heterocycles. The number of amides is 1. The van der Waals surface area contributed by atoms with Crippen LogP contribution in [0.5, 0.6) is 0 Å². The first-order valence-electron chi connectivity index (χ1n) is 5.97. The van der Waals surface area contributed by atoms with Crippen LogP contribution in [-0.2, 0) is 10.0 Å². The second-order valence-electron chi connectivity index (χ2n) is 4.59. The molecular formula is C13H16N2O3S. The number of hydrogen-bond acceptors (Lipinski definition) is 3. The number of primary sulfonamides is 1. The van der Waals surface area contributed by atoms with Crippen molar-refractivity contribution in [3.05, 3.63) is 41.5 Å². The van der Waals surface area contributed by atoms with E-state index < -0.39 is 10.0 Å². The molecule has 0 atom stereocenters. The van der Waals surface area contributed by atoms with E-state index in [9.17, 15) is 13.2 Å². The molecule has 1 aromatic carbocycles. The molecule has 0 aliphatic carbocycles. The minimum Gasteiger partial charge on any atom is -0.335 e. The first kappa shape index (κ1) is 13.8. The van der Waals surface area contributed by atoms with Gasteiger partial charge < -0.3 is 4.90 Å². The molecule has 6 heteroatoms. The molecule has 2 N–H and O–H groups in total. The Morgan fingerprint density at radius 1 is 1.26 bits per heavy atom. The van der Waals surface area contributed by atoms with E-state index in [4.69, 9.17) is 5.14 Å². The van der Waals surface area contributed by atoms with Gasteiger partial charge >= 0.3 is 0 Å². The van der Waals surface area contributed by atoms with Gasteiger partial charge in [0.25, 0.3) is 5.91 Å². The van der Waals surface area contributed by atoms with Crippen LogP contribution in [0, 0.1) is 6.92 Å². The van der Waals surface area contributed by atoms with Crippen molar-refractivity contribution in [1.82, 2.24) is 4.90 Å². The van der Waals surface area contributed by atoms with E-state index in [1.165, 1.54) is 12.1 Å². The molecule has 0 unspecified atom stereocenters. The molecule has 5 nitrogen and oxygen atoms in total. The molecule has 0 fully saturated rings. The van der Waals surface area contributed by atoms with E-state index in [0.29, 0.717) is 24.2 Å². The highest BCUT2D eigenvalue weighted by molar-refractivity contribution is 7.89. The highest BCUT2D eigenvalue weighted by Gasteiger charge is 2.18. The van der Waals surface area contributed by atoms with Gasteiger partial charge in [-0.05, 0) is 37.1 Å². The quantitative estimate of drug-likeness (QED) is 0.822. The van der Waals surface area contributed by atoms with E-state index in [2.05, 4.69) is 0 Å². The fourth-order valence-corrected chi connectivity index (χ4v) is 2.69. The number of rotatable bonds is 2. The van der Waals surface area contributed by atoms with Gasteiger partial charge in [0.15, 0.2) is 0 Å². The third kappa shape index (κ3) is 3.21. The average Bonchev–Trinajstić information content (AvgIpc) is 2.37. The Morgan fingerprint density at radius 3 is 2.58 bits per heavy atom. The molecule has 0 aromatic heterocycles. The van der Waals surface area contributed by atoms with Crippen LogP contribution >= 0.6 is 0 Å². The summed E-state index contributed by atoms with van der Waals surface area (Å²) in [6.07, 6.45) is 4.77. The summed E-state index contributed by atoms with van der Waals surface area (Å²) in [6.45, 7) is 2.94. The van der Waals surface area contributed by atoms with Crippen LogP contribution in [-0.4, -0.2) is 32.3 Å². The van der Waals surface area contributed by atoms with Crippen molar-refractivity contribution >= 4 is 15.9 Å². The van der Waals surface area contributed by atoms with Crippen molar-refractivity contribution in [2.45, 2.75) is 18.2 Å². The summed E-state index contributed by atoms with van der Waals surface area (Å²) in [4.78, 5) is 13.9. The zero-order valence-electron chi connectivity index (χ0n) is 10.7. The molecular weight excluding hydrogens is 264 g/mol. The van der Waals surface area contributed by atoms with E-state index in [1.807, 2.05) is 12.2 Å². The van der Waals surface area contributed by atoms with Crippen molar-refractivity contribution in [3.8, 4) is 0 Å². The number of nitrogens with zero attached hydrogens (tertiary/aromatic N) is 1. The molecule has 0 bridgehead atoms. The van der Waals surface area contributed by atoms with Crippen LogP contribution < -0.4 is 5.14 Å². The number of nitrogens with two attached hydrogens (primary N) is 1. The summed E-state index contributed by atoms with van der Waals surface area (Å²) < 4.78 is 22.8. The lowest BCUT2D eigenvalue weighted by atomic mass is 10.1. The number of aryl methyl sites for hydroxylation is 1. The first-order chi connectivity index (χ1) is 8.88. The third-order valence-electron chi connectivity index (χ3n) is 2.97. The summed E-state index contributed by atoms with van der Waals surface area (Å²) in [6, 6.07) is 4.47. The van der Waals surface area contributed by atoms with Crippen molar-refractivity contribution in [1.29, 1.82) is 0 Å². The molecule has 0 saturated carbocycles.